The topological polar surface area (TPSA) is 143 Å². The smallest absolute Gasteiger partial charge is 0.255 e. The molecule has 0 aliphatic carbocycles. The van der Waals surface area contributed by atoms with Crippen LogP contribution in [0.25, 0.3) is 0 Å². The monoisotopic (exact) mass is 694 g/mol. The van der Waals surface area contributed by atoms with E-state index in [9.17, 15) is 19.5 Å². The molecule has 0 bridgehead atoms. The number of nitrogens with one attached hydrogen (secondary N) is 2. The van der Waals surface area contributed by atoms with Crippen LogP contribution in [0.3, 0.4) is 0 Å². The van der Waals surface area contributed by atoms with Crippen LogP contribution >= 0.6 is 0 Å². The van der Waals surface area contributed by atoms with Crippen molar-refractivity contribution in [3.8, 4) is 0 Å². The van der Waals surface area contributed by atoms with E-state index in [4.69, 9.17) is 9.72 Å². The van der Waals surface area contributed by atoms with Gasteiger partial charge >= 0.3 is 0 Å². The van der Waals surface area contributed by atoms with E-state index < -0.39 is 17.6 Å². The molecule has 0 spiro atoms. The number of aromatic nitrogens is 2. The van der Waals surface area contributed by atoms with Crippen molar-refractivity contribution in [2.24, 2.45) is 0 Å². The van der Waals surface area contributed by atoms with Crippen molar-refractivity contribution in [1.29, 1.82) is 0 Å². The molecule has 3 aromatic rings. The first kappa shape index (κ1) is 33.5. The summed E-state index contributed by atoms with van der Waals surface area (Å²) in [6.07, 6.45) is 5.62. The lowest BCUT2D eigenvalue weighted by molar-refractivity contribution is -0.136. The lowest BCUT2D eigenvalue weighted by Crippen LogP contribution is -2.52. The highest BCUT2D eigenvalue weighted by atomic mass is 16.5. The van der Waals surface area contributed by atoms with Crippen LogP contribution in [0.5, 0.6) is 0 Å². The van der Waals surface area contributed by atoms with Gasteiger partial charge < -0.3 is 29.9 Å². The molecule has 5 aliphatic rings. The van der Waals surface area contributed by atoms with Gasteiger partial charge in [0.2, 0.25) is 17.8 Å². The number of morpholine rings is 1. The fourth-order valence-electron chi connectivity index (χ4n) is 8.16. The van der Waals surface area contributed by atoms with Gasteiger partial charge in [0.05, 0.1) is 18.8 Å². The zero-order valence-electron chi connectivity index (χ0n) is 28.9. The van der Waals surface area contributed by atoms with Crippen molar-refractivity contribution < 1.29 is 24.2 Å². The molecule has 5 aliphatic heterocycles. The van der Waals surface area contributed by atoms with Gasteiger partial charge in [0.15, 0.2) is 0 Å². The van der Waals surface area contributed by atoms with E-state index in [-0.39, 0.29) is 18.2 Å². The highest BCUT2D eigenvalue weighted by molar-refractivity contribution is 6.05. The number of ether oxygens (including phenoxy) is 1. The highest BCUT2D eigenvalue weighted by Gasteiger charge is 2.41. The zero-order chi connectivity index (χ0) is 35.0. The van der Waals surface area contributed by atoms with Crippen molar-refractivity contribution in [3.05, 3.63) is 77.0 Å². The highest BCUT2D eigenvalue weighted by Crippen LogP contribution is 2.37. The maximum Gasteiger partial charge on any atom is 0.255 e. The Morgan fingerprint density at radius 2 is 1.67 bits per heavy atom. The summed E-state index contributed by atoms with van der Waals surface area (Å²) in [6.45, 7) is 7.76. The Balaban J connectivity index is 0.808. The fourth-order valence-corrected chi connectivity index (χ4v) is 8.16. The number of fused-ring (bicyclic) bond motifs is 1. The van der Waals surface area contributed by atoms with Gasteiger partial charge in [-0.25, -0.2) is 4.98 Å². The van der Waals surface area contributed by atoms with E-state index in [0.29, 0.717) is 43.4 Å². The van der Waals surface area contributed by atoms with Gasteiger partial charge in [-0.1, -0.05) is 24.3 Å². The molecule has 51 heavy (non-hydrogen) atoms. The zero-order valence-corrected chi connectivity index (χ0v) is 28.9. The molecule has 4 fully saturated rings. The molecule has 8 rings (SSSR count). The summed E-state index contributed by atoms with van der Waals surface area (Å²) in [6, 6.07) is 16.1. The van der Waals surface area contributed by atoms with Crippen molar-refractivity contribution >= 4 is 35.2 Å². The summed E-state index contributed by atoms with van der Waals surface area (Å²) in [7, 11) is 0. The van der Waals surface area contributed by atoms with Crippen LogP contribution in [0, 0.1) is 0 Å². The van der Waals surface area contributed by atoms with E-state index in [1.165, 1.54) is 11.3 Å². The number of likely N-dealkylation sites (tertiary alicyclic amines) is 1. The molecule has 13 nitrogen and oxygen atoms in total. The van der Waals surface area contributed by atoms with Gasteiger partial charge in [0.25, 0.3) is 5.91 Å². The van der Waals surface area contributed by atoms with E-state index in [0.717, 1.165) is 88.8 Å². The average Bonchev–Trinajstić information content (AvgIpc) is 3.49. The Hall–Kier alpha value is -4.59. The molecule has 1 aromatic heterocycles. The molecule has 1 atom stereocenters. The normalized spacial score (nSPS) is 23.0. The largest absolute Gasteiger partial charge is 0.385 e. The average molecular weight is 695 g/mol. The first-order valence-corrected chi connectivity index (χ1v) is 18.3. The van der Waals surface area contributed by atoms with E-state index >= 15 is 0 Å². The Labute approximate surface area is 298 Å². The molecule has 13 heteroatoms. The molecular formula is C38H46N8O5. The van der Waals surface area contributed by atoms with Crippen LogP contribution in [-0.4, -0.2) is 107 Å². The molecule has 1 unspecified atom stereocenters. The van der Waals surface area contributed by atoms with Gasteiger partial charge in [-0.05, 0) is 73.1 Å². The minimum absolute atomic E-state index is 0.197. The minimum atomic E-state index is -0.973. The number of nitrogens with zero attached hydrogens (tertiary/aromatic N) is 6. The van der Waals surface area contributed by atoms with Gasteiger partial charge in [-0.2, -0.15) is 4.98 Å². The van der Waals surface area contributed by atoms with Crippen molar-refractivity contribution in [2.45, 2.75) is 69.3 Å². The number of benzene rings is 2. The molecule has 3 amide bonds. The molecule has 4 saturated heterocycles. The number of rotatable bonds is 8. The van der Waals surface area contributed by atoms with Crippen LogP contribution in [0.15, 0.2) is 54.7 Å². The fraction of sp³-hybridized carbons (Fsp3) is 0.500. The van der Waals surface area contributed by atoms with Gasteiger partial charge in [-0.3, -0.25) is 24.6 Å². The van der Waals surface area contributed by atoms with Crippen LogP contribution in [-0.2, 0) is 33.0 Å². The number of carbonyl (C=O) groups excluding carboxylic acids is 3. The number of imide groups is 1. The SMILES string of the molecule is O=C1CCC(N2Cc3cc(C4(O)CCN(Cc5ccc(N6CCC(Nc7nccc(N8CCOCC8)n7)CC6)cc5)CC4)ccc3C2=O)C(=O)N1. The Morgan fingerprint density at radius 1 is 0.902 bits per heavy atom. The molecule has 0 saturated carbocycles. The third kappa shape index (κ3) is 7.15. The second-order valence-electron chi connectivity index (χ2n) is 14.5. The van der Waals surface area contributed by atoms with Gasteiger partial charge in [0, 0.05) is 82.3 Å². The second-order valence-corrected chi connectivity index (χ2v) is 14.5. The molecule has 3 N–H and O–H groups in total. The molecule has 2 aromatic carbocycles. The number of anilines is 3. The predicted octanol–water partition coefficient (Wildman–Crippen LogP) is 2.64. The van der Waals surface area contributed by atoms with Crippen molar-refractivity contribution in [3.63, 3.8) is 0 Å². The third-order valence-electron chi connectivity index (χ3n) is 11.3. The van der Waals surface area contributed by atoms with Gasteiger partial charge in [0.1, 0.15) is 11.9 Å². The first-order valence-electron chi connectivity index (χ1n) is 18.3. The summed E-state index contributed by atoms with van der Waals surface area (Å²) in [4.78, 5) is 55.0. The summed E-state index contributed by atoms with van der Waals surface area (Å²) in [5.74, 6) is 0.733. The van der Waals surface area contributed by atoms with Crippen molar-refractivity contribution in [2.75, 3.05) is 67.6 Å². The number of amides is 3. The number of hydrogen-bond donors (Lipinski definition) is 3. The summed E-state index contributed by atoms with van der Waals surface area (Å²) < 4.78 is 5.48. The summed E-state index contributed by atoms with van der Waals surface area (Å²) >= 11 is 0. The van der Waals surface area contributed by atoms with Gasteiger partial charge in [-0.15, -0.1) is 0 Å². The van der Waals surface area contributed by atoms with Crippen LogP contribution in [0.1, 0.15) is 65.6 Å². The number of piperidine rings is 3. The third-order valence-corrected chi connectivity index (χ3v) is 11.3. The molecule has 0 radical (unpaired) electrons. The van der Waals surface area contributed by atoms with Crippen molar-refractivity contribution in [1.82, 2.24) is 25.1 Å². The maximum atomic E-state index is 13.1. The molecular weight excluding hydrogens is 648 g/mol. The number of aliphatic hydroxyl groups is 1. The van der Waals surface area contributed by atoms with E-state index in [1.54, 1.807) is 11.0 Å². The van der Waals surface area contributed by atoms with Crippen LogP contribution in [0.4, 0.5) is 17.5 Å². The minimum Gasteiger partial charge on any atom is -0.385 e. The molecule has 268 valence electrons. The lowest BCUT2D eigenvalue weighted by atomic mass is 9.83. The Bertz CT molecular complexity index is 1760. The van der Waals surface area contributed by atoms with Crippen LogP contribution < -0.4 is 20.4 Å². The summed E-state index contributed by atoms with van der Waals surface area (Å²) in [5, 5.41) is 17.6. The van der Waals surface area contributed by atoms with Crippen LogP contribution in [0.2, 0.25) is 0 Å². The Kier molecular flexibility index (Phi) is 9.34. The Morgan fingerprint density at radius 3 is 2.41 bits per heavy atom. The first-order chi connectivity index (χ1) is 24.8. The predicted molar refractivity (Wildman–Crippen MR) is 191 cm³/mol. The second kappa shape index (κ2) is 14.2. The number of hydrogen-bond acceptors (Lipinski definition) is 11. The lowest BCUT2D eigenvalue weighted by Gasteiger charge is -2.39. The maximum absolute atomic E-state index is 13.1. The molecule has 6 heterocycles. The quantitative estimate of drug-likeness (QED) is 0.300. The number of carbonyl (C=O) groups is 3. The summed E-state index contributed by atoms with van der Waals surface area (Å²) in [5.41, 5.74) is 3.72. The standard InChI is InChI=1S/C38H46N8O5/c47-34-8-7-32(35(48)42-34)46-25-27-23-28(3-6-31(27)36(46)49)38(50)12-17-43(18-13-38)24-26-1-4-30(5-2-26)44-15-10-29(11-16-44)40-37-39-14-9-33(41-37)45-19-21-51-22-20-45/h1-6,9,14,23,29,32,50H,7-8,10-13,15-22,24-25H2,(H,39,40,41)(H,42,47,48). The van der Waals surface area contributed by atoms with E-state index in [2.05, 4.69) is 54.6 Å². The van der Waals surface area contributed by atoms with E-state index in [1.807, 2.05) is 24.4 Å².